The Balaban J connectivity index is 2.08. The van der Waals surface area contributed by atoms with Crippen molar-refractivity contribution in [3.8, 4) is 5.75 Å². The molecule has 2 rings (SSSR count). The van der Waals surface area contributed by atoms with E-state index in [4.69, 9.17) is 21.1 Å². The summed E-state index contributed by atoms with van der Waals surface area (Å²) in [5, 5.41) is 12.5. The second kappa shape index (κ2) is 9.46. The maximum atomic E-state index is 12.0. The molecule has 1 amide bonds. The van der Waals surface area contributed by atoms with Crippen LogP contribution >= 0.6 is 11.6 Å². The lowest BCUT2D eigenvalue weighted by Crippen LogP contribution is -2.44. The number of halogens is 1. The molecule has 0 saturated heterocycles. The minimum atomic E-state index is -1.16. The number of alkyl carbamates (subject to hydrolysis) is 1. The van der Waals surface area contributed by atoms with Crippen LogP contribution in [0, 0.1) is 0 Å². The maximum Gasteiger partial charge on any atom is 0.408 e. The lowest BCUT2D eigenvalue weighted by molar-refractivity contribution is -0.139. The summed E-state index contributed by atoms with van der Waals surface area (Å²) in [6.45, 7) is 5.42. The Morgan fingerprint density at radius 3 is 2.50 bits per heavy atom. The highest BCUT2D eigenvalue weighted by Gasteiger charge is 2.25. The quantitative estimate of drug-likeness (QED) is 0.711. The number of carbonyl (C=O) groups excluding carboxylic acids is 1. The van der Waals surface area contributed by atoms with E-state index in [2.05, 4.69) is 5.32 Å². The molecule has 2 aromatic carbocycles. The van der Waals surface area contributed by atoms with Gasteiger partial charge in [0.05, 0.1) is 0 Å². The van der Waals surface area contributed by atoms with Gasteiger partial charge in [0.25, 0.3) is 0 Å². The predicted molar refractivity (Wildman–Crippen MR) is 107 cm³/mol. The van der Waals surface area contributed by atoms with Crippen LogP contribution in [-0.2, 0) is 22.6 Å². The molecule has 1 atom stereocenters. The highest BCUT2D eigenvalue weighted by Crippen LogP contribution is 2.22. The fourth-order valence-electron chi connectivity index (χ4n) is 2.47. The molecule has 150 valence electrons. The molecule has 7 heteroatoms. The third-order valence-electron chi connectivity index (χ3n) is 3.67. The SMILES string of the molecule is CC(C)(C)OC(=O)NC(Cc1ccccc1OCc1cccc(Cl)c1)C(=O)O. The highest BCUT2D eigenvalue weighted by molar-refractivity contribution is 6.30. The lowest BCUT2D eigenvalue weighted by Gasteiger charge is -2.22. The number of ether oxygens (including phenoxy) is 2. The number of rotatable bonds is 7. The summed E-state index contributed by atoms with van der Waals surface area (Å²) in [4.78, 5) is 23.6. The summed E-state index contributed by atoms with van der Waals surface area (Å²) in [5.41, 5.74) is 0.836. The average Bonchev–Trinajstić information content (AvgIpc) is 2.58. The molecule has 6 nitrogen and oxygen atoms in total. The van der Waals surface area contributed by atoms with Gasteiger partial charge in [-0.15, -0.1) is 0 Å². The van der Waals surface area contributed by atoms with Crippen molar-refractivity contribution in [1.29, 1.82) is 0 Å². The van der Waals surface area contributed by atoms with Gasteiger partial charge >= 0.3 is 12.1 Å². The second-order valence-electron chi connectivity index (χ2n) is 7.27. The second-order valence-corrected chi connectivity index (χ2v) is 7.70. The van der Waals surface area contributed by atoms with E-state index < -0.39 is 23.7 Å². The van der Waals surface area contributed by atoms with Crippen molar-refractivity contribution in [1.82, 2.24) is 5.32 Å². The summed E-state index contributed by atoms with van der Waals surface area (Å²) in [6, 6.07) is 13.3. The van der Waals surface area contributed by atoms with Crippen LogP contribution in [0.25, 0.3) is 0 Å². The normalized spacial score (nSPS) is 12.1. The van der Waals surface area contributed by atoms with E-state index in [1.807, 2.05) is 12.1 Å². The number of carbonyl (C=O) groups is 2. The van der Waals surface area contributed by atoms with Crippen molar-refractivity contribution < 1.29 is 24.2 Å². The van der Waals surface area contributed by atoms with Gasteiger partial charge in [-0.1, -0.05) is 41.9 Å². The van der Waals surface area contributed by atoms with Crippen LogP contribution in [0.3, 0.4) is 0 Å². The van der Waals surface area contributed by atoms with Crippen LogP contribution in [0.15, 0.2) is 48.5 Å². The van der Waals surface area contributed by atoms with Crippen molar-refractivity contribution >= 4 is 23.7 Å². The molecule has 2 N–H and O–H groups in total. The first kappa shape index (κ1) is 21.6. The molecular weight excluding hydrogens is 382 g/mol. The molecule has 0 radical (unpaired) electrons. The van der Waals surface area contributed by atoms with Crippen LogP contribution in [0.4, 0.5) is 4.79 Å². The number of amides is 1. The van der Waals surface area contributed by atoms with Crippen molar-refractivity contribution in [2.45, 2.75) is 45.4 Å². The number of hydrogen-bond donors (Lipinski definition) is 2. The largest absolute Gasteiger partial charge is 0.489 e. The minimum Gasteiger partial charge on any atom is -0.489 e. The fraction of sp³-hybridized carbons (Fsp3) is 0.333. The zero-order chi connectivity index (χ0) is 20.7. The van der Waals surface area contributed by atoms with Gasteiger partial charge in [-0.25, -0.2) is 9.59 Å². The van der Waals surface area contributed by atoms with Gasteiger partial charge in [-0.2, -0.15) is 0 Å². The van der Waals surface area contributed by atoms with Crippen molar-refractivity contribution in [3.63, 3.8) is 0 Å². The number of nitrogens with one attached hydrogen (secondary N) is 1. The Bertz CT molecular complexity index is 832. The third kappa shape index (κ3) is 7.12. The number of para-hydroxylation sites is 1. The van der Waals surface area contributed by atoms with Gasteiger partial charge in [0.15, 0.2) is 0 Å². The standard InChI is InChI=1S/C21H24ClNO5/c1-21(2,3)28-20(26)23-17(19(24)25)12-15-8-4-5-10-18(15)27-13-14-7-6-9-16(22)11-14/h4-11,17H,12-13H2,1-3H3,(H,23,26)(H,24,25). The topological polar surface area (TPSA) is 84.9 Å². The summed E-state index contributed by atoms with van der Waals surface area (Å²) in [5.74, 6) is -0.616. The molecule has 0 aliphatic heterocycles. The lowest BCUT2D eigenvalue weighted by atomic mass is 10.0. The molecule has 0 heterocycles. The molecule has 0 fully saturated rings. The minimum absolute atomic E-state index is 0.0558. The maximum absolute atomic E-state index is 12.0. The van der Waals surface area contributed by atoms with E-state index in [0.717, 1.165) is 5.56 Å². The summed E-state index contributed by atoms with van der Waals surface area (Å²) in [7, 11) is 0. The molecule has 0 aromatic heterocycles. The van der Waals surface area contributed by atoms with E-state index in [9.17, 15) is 14.7 Å². The number of carboxylic acids is 1. The summed E-state index contributed by atoms with van der Waals surface area (Å²) in [6.07, 6.45) is -0.724. The Morgan fingerprint density at radius 2 is 1.86 bits per heavy atom. The average molecular weight is 406 g/mol. The Labute approximate surface area is 169 Å². The smallest absolute Gasteiger partial charge is 0.408 e. The van der Waals surface area contributed by atoms with E-state index in [1.54, 1.807) is 57.2 Å². The van der Waals surface area contributed by atoms with E-state index in [0.29, 0.717) is 16.3 Å². The van der Waals surface area contributed by atoms with Crippen LogP contribution in [0.2, 0.25) is 5.02 Å². The molecule has 1 unspecified atom stereocenters. The van der Waals surface area contributed by atoms with Crippen LogP contribution in [0.1, 0.15) is 31.9 Å². The van der Waals surface area contributed by atoms with E-state index in [-0.39, 0.29) is 13.0 Å². The van der Waals surface area contributed by atoms with Crippen molar-refractivity contribution in [3.05, 3.63) is 64.7 Å². The van der Waals surface area contributed by atoms with Crippen molar-refractivity contribution in [2.24, 2.45) is 0 Å². The van der Waals surface area contributed by atoms with Gasteiger partial charge in [0.2, 0.25) is 0 Å². The Hall–Kier alpha value is -2.73. The number of hydrogen-bond acceptors (Lipinski definition) is 4. The van der Waals surface area contributed by atoms with Gasteiger partial charge in [-0.05, 0) is 50.1 Å². The first-order chi connectivity index (χ1) is 13.1. The number of benzene rings is 2. The highest BCUT2D eigenvalue weighted by atomic mass is 35.5. The molecule has 0 saturated carbocycles. The molecular formula is C21H24ClNO5. The first-order valence-corrected chi connectivity index (χ1v) is 9.19. The summed E-state index contributed by atoms with van der Waals surface area (Å²) < 4.78 is 11.0. The monoisotopic (exact) mass is 405 g/mol. The fourth-order valence-corrected chi connectivity index (χ4v) is 2.68. The molecule has 28 heavy (non-hydrogen) atoms. The van der Waals surface area contributed by atoms with Gasteiger partial charge < -0.3 is 19.9 Å². The van der Waals surface area contributed by atoms with Crippen LogP contribution < -0.4 is 10.1 Å². The van der Waals surface area contributed by atoms with Crippen molar-refractivity contribution in [2.75, 3.05) is 0 Å². The first-order valence-electron chi connectivity index (χ1n) is 8.81. The number of aliphatic carboxylic acids is 1. The number of carboxylic acid groups (broad SMARTS) is 1. The van der Waals surface area contributed by atoms with E-state index >= 15 is 0 Å². The van der Waals surface area contributed by atoms with Gasteiger partial charge in [0.1, 0.15) is 24.0 Å². The predicted octanol–water partition coefficient (Wildman–Crippen LogP) is 4.44. The Kier molecular flexibility index (Phi) is 7.29. The summed E-state index contributed by atoms with van der Waals surface area (Å²) >= 11 is 5.98. The molecule has 0 bridgehead atoms. The zero-order valence-electron chi connectivity index (χ0n) is 16.1. The molecule has 2 aromatic rings. The van der Waals surface area contributed by atoms with Crippen LogP contribution in [0.5, 0.6) is 5.75 Å². The Morgan fingerprint density at radius 1 is 1.14 bits per heavy atom. The zero-order valence-corrected chi connectivity index (χ0v) is 16.8. The molecule has 0 aliphatic carbocycles. The molecule has 0 spiro atoms. The van der Waals surface area contributed by atoms with Gasteiger partial charge in [0, 0.05) is 11.4 Å². The van der Waals surface area contributed by atoms with Crippen LogP contribution in [-0.4, -0.2) is 28.8 Å². The molecule has 0 aliphatic rings. The van der Waals surface area contributed by atoms with E-state index in [1.165, 1.54) is 0 Å². The third-order valence-corrected chi connectivity index (χ3v) is 3.90. The van der Waals surface area contributed by atoms with Gasteiger partial charge in [-0.3, -0.25) is 0 Å².